The average Bonchev–Trinajstić information content (AvgIpc) is 2.20. The lowest BCUT2D eigenvalue weighted by Crippen LogP contribution is -2.25. The lowest BCUT2D eigenvalue weighted by Gasteiger charge is -2.14. The second kappa shape index (κ2) is 5.78. The van der Waals surface area contributed by atoms with Crippen LogP contribution in [0.25, 0.3) is 0 Å². The zero-order valence-electron chi connectivity index (χ0n) is 8.50. The summed E-state index contributed by atoms with van der Waals surface area (Å²) < 4.78 is 0. The van der Waals surface area contributed by atoms with Crippen LogP contribution in [-0.4, -0.2) is 41.5 Å². The first-order valence-electron chi connectivity index (χ1n) is 4.62. The summed E-state index contributed by atoms with van der Waals surface area (Å²) in [6.07, 6.45) is 3.07. The van der Waals surface area contributed by atoms with Crippen molar-refractivity contribution < 1.29 is 0 Å². The molecule has 1 rings (SSSR count). The molecule has 0 aromatic carbocycles. The Labute approximate surface area is 89.3 Å². The summed E-state index contributed by atoms with van der Waals surface area (Å²) in [4.78, 5) is 10.0. The third kappa shape index (κ3) is 3.47. The number of nitrogens with zero attached hydrogens (tertiary/aromatic N) is 3. The molecule has 14 heavy (non-hydrogen) atoms. The van der Waals surface area contributed by atoms with E-state index in [1.165, 1.54) is 6.33 Å². The normalized spacial score (nSPS) is 10.6. The van der Waals surface area contributed by atoms with Gasteiger partial charge >= 0.3 is 0 Å². The quantitative estimate of drug-likeness (QED) is 0.807. The van der Waals surface area contributed by atoms with E-state index in [1.807, 2.05) is 0 Å². The molecule has 1 aromatic rings. The van der Waals surface area contributed by atoms with Gasteiger partial charge < -0.3 is 10.2 Å². The summed E-state index contributed by atoms with van der Waals surface area (Å²) in [5, 5.41) is 3.72. The molecule has 0 unspecified atom stereocenters. The molecule has 0 aliphatic heterocycles. The van der Waals surface area contributed by atoms with Gasteiger partial charge in [-0.3, -0.25) is 0 Å². The highest BCUT2D eigenvalue weighted by Gasteiger charge is 2.00. The fourth-order valence-electron chi connectivity index (χ4n) is 0.966. The SMILES string of the molecule is CCN(C)CCNc1ncncc1Cl. The van der Waals surface area contributed by atoms with E-state index in [0.717, 1.165) is 19.6 Å². The van der Waals surface area contributed by atoms with Gasteiger partial charge in [-0.25, -0.2) is 9.97 Å². The number of halogens is 1. The molecule has 0 aliphatic rings. The van der Waals surface area contributed by atoms with Crippen LogP contribution in [0, 0.1) is 0 Å². The van der Waals surface area contributed by atoms with E-state index in [0.29, 0.717) is 10.8 Å². The molecule has 5 heteroatoms. The zero-order chi connectivity index (χ0) is 10.4. The number of aromatic nitrogens is 2. The topological polar surface area (TPSA) is 41.0 Å². The first-order valence-corrected chi connectivity index (χ1v) is 4.99. The monoisotopic (exact) mass is 214 g/mol. The maximum atomic E-state index is 5.87. The van der Waals surface area contributed by atoms with Crippen LogP contribution in [0.3, 0.4) is 0 Å². The lowest BCUT2D eigenvalue weighted by molar-refractivity contribution is 0.367. The Morgan fingerprint density at radius 1 is 1.57 bits per heavy atom. The first kappa shape index (κ1) is 11.2. The van der Waals surface area contributed by atoms with Gasteiger partial charge in [0.25, 0.3) is 0 Å². The van der Waals surface area contributed by atoms with Crippen molar-refractivity contribution in [1.82, 2.24) is 14.9 Å². The maximum Gasteiger partial charge on any atom is 0.148 e. The van der Waals surface area contributed by atoms with Crippen LogP contribution in [0.15, 0.2) is 12.5 Å². The maximum absolute atomic E-state index is 5.87. The standard InChI is InChI=1S/C9H15ClN4/c1-3-14(2)5-4-12-9-8(10)6-11-7-13-9/h6-7H,3-5H2,1-2H3,(H,11,12,13). The third-order valence-corrected chi connectivity index (χ3v) is 2.27. The molecule has 1 aromatic heterocycles. The van der Waals surface area contributed by atoms with Gasteiger partial charge in [-0.1, -0.05) is 18.5 Å². The van der Waals surface area contributed by atoms with Gasteiger partial charge in [-0.15, -0.1) is 0 Å². The fourth-order valence-corrected chi connectivity index (χ4v) is 1.14. The number of hydrogen-bond acceptors (Lipinski definition) is 4. The lowest BCUT2D eigenvalue weighted by atomic mass is 10.5. The van der Waals surface area contributed by atoms with Crippen molar-refractivity contribution in [3.63, 3.8) is 0 Å². The number of rotatable bonds is 5. The smallest absolute Gasteiger partial charge is 0.148 e. The van der Waals surface area contributed by atoms with Crippen LogP contribution >= 0.6 is 11.6 Å². The van der Waals surface area contributed by atoms with E-state index in [2.05, 4.69) is 34.2 Å². The molecule has 0 bridgehead atoms. The molecule has 0 saturated carbocycles. The highest BCUT2D eigenvalue weighted by molar-refractivity contribution is 6.32. The molecule has 0 radical (unpaired) electrons. The van der Waals surface area contributed by atoms with Crippen molar-refractivity contribution in [1.29, 1.82) is 0 Å². The Morgan fingerprint density at radius 3 is 3.00 bits per heavy atom. The van der Waals surface area contributed by atoms with Gasteiger partial charge in [-0.05, 0) is 13.6 Å². The van der Waals surface area contributed by atoms with Crippen molar-refractivity contribution in [2.45, 2.75) is 6.92 Å². The summed E-state index contributed by atoms with van der Waals surface area (Å²) in [6.45, 7) is 4.97. The van der Waals surface area contributed by atoms with Crippen molar-refractivity contribution in [2.75, 3.05) is 32.0 Å². The molecule has 0 saturated heterocycles. The Hall–Kier alpha value is -0.870. The zero-order valence-corrected chi connectivity index (χ0v) is 9.25. The van der Waals surface area contributed by atoms with E-state index in [4.69, 9.17) is 11.6 Å². The van der Waals surface area contributed by atoms with Crippen molar-refractivity contribution in [2.24, 2.45) is 0 Å². The molecule has 78 valence electrons. The summed E-state index contributed by atoms with van der Waals surface area (Å²) >= 11 is 5.87. The average molecular weight is 215 g/mol. The predicted octanol–water partition coefficient (Wildman–Crippen LogP) is 1.49. The van der Waals surface area contributed by atoms with E-state index in [1.54, 1.807) is 6.20 Å². The van der Waals surface area contributed by atoms with Crippen molar-refractivity contribution in [3.8, 4) is 0 Å². The molecule has 1 N–H and O–H groups in total. The minimum Gasteiger partial charge on any atom is -0.367 e. The third-order valence-electron chi connectivity index (χ3n) is 1.99. The second-order valence-electron chi connectivity index (χ2n) is 3.04. The van der Waals surface area contributed by atoms with E-state index in [-0.39, 0.29) is 0 Å². The van der Waals surface area contributed by atoms with Crippen LogP contribution in [0.5, 0.6) is 0 Å². The van der Waals surface area contributed by atoms with Crippen LogP contribution in [0.2, 0.25) is 5.02 Å². The largest absolute Gasteiger partial charge is 0.367 e. The van der Waals surface area contributed by atoms with Gasteiger partial charge in [0, 0.05) is 13.1 Å². The second-order valence-corrected chi connectivity index (χ2v) is 3.45. The Kier molecular flexibility index (Phi) is 4.62. The fraction of sp³-hybridized carbons (Fsp3) is 0.556. The van der Waals surface area contributed by atoms with E-state index < -0.39 is 0 Å². The number of likely N-dealkylation sites (N-methyl/N-ethyl adjacent to an activating group) is 1. The summed E-state index contributed by atoms with van der Waals surface area (Å²) in [6, 6.07) is 0. The molecule has 0 amide bonds. The highest BCUT2D eigenvalue weighted by atomic mass is 35.5. The molecular weight excluding hydrogens is 200 g/mol. The van der Waals surface area contributed by atoms with Gasteiger partial charge in [0.1, 0.15) is 17.2 Å². The molecule has 0 spiro atoms. The number of hydrogen-bond donors (Lipinski definition) is 1. The van der Waals surface area contributed by atoms with Crippen LogP contribution < -0.4 is 5.32 Å². The molecule has 1 heterocycles. The van der Waals surface area contributed by atoms with E-state index in [9.17, 15) is 0 Å². The molecule has 0 fully saturated rings. The minimum absolute atomic E-state index is 0.562. The minimum atomic E-state index is 0.562. The number of nitrogens with one attached hydrogen (secondary N) is 1. The summed E-state index contributed by atoms with van der Waals surface area (Å²) in [5.41, 5.74) is 0. The molecular formula is C9H15ClN4. The Balaban J connectivity index is 2.35. The van der Waals surface area contributed by atoms with Crippen molar-refractivity contribution >= 4 is 17.4 Å². The van der Waals surface area contributed by atoms with E-state index >= 15 is 0 Å². The van der Waals surface area contributed by atoms with Gasteiger partial charge in [0.05, 0.1) is 6.20 Å². The van der Waals surface area contributed by atoms with Crippen LogP contribution in [-0.2, 0) is 0 Å². The molecule has 0 atom stereocenters. The molecule has 4 nitrogen and oxygen atoms in total. The highest BCUT2D eigenvalue weighted by Crippen LogP contribution is 2.15. The first-order chi connectivity index (χ1) is 6.74. The Morgan fingerprint density at radius 2 is 2.36 bits per heavy atom. The Bertz CT molecular complexity index is 279. The van der Waals surface area contributed by atoms with Crippen LogP contribution in [0.4, 0.5) is 5.82 Å². The predicted molar refractivity (Wildman–Crippen MR) is 58.7 cm³/mol. The summed E-state index contributed by atoms with van der Waals surface area (Å²) in [7, 11) is 2.07. The molecule has 0 aliphatic carbocycles. The number of anilines is 1. The summed E-state index contributed by atoms with van der Waals surface area (Å²) in [5.74, 6) is 0.700. The van der Waals surface area contributed by atoms with Gasteiger partial charge in [-0.2, -0.15) is 0 Å². The van der Waals surface area contributed by atoms with Crippen molar-refractivity contribution in [3.05, 3.63) is 17.5 Å². The van der Waals surface area contributed by atoms with Gasteiger partial charge in [0.15, 0.2) is 0 Å². The van der Waals surface area contributed by atoms with Gasteiger partial charge in [0.2, 0.25) is 0 Å². The van der Waals surface area contributed by atoms with Crippen LogP contribution in [0.1, 0.15) is 6.92 Å².